The Kier molecular flexibility index (Phi) is 9.70. The first-order valence-corrected chi connectivity index (χ1v) is 13.2. The van der Waals surface area contributed by atoms with Gasteiger partial charge in [0.05, 0.1) is 18.0 Å². The summed E-state index contributed by atoms with van der Waals surface area (Å²) >= 11 is 0. The average Bonchev–Trinajstić information content (AvgIpc) is 3.31. The van der Waals surface area contributed by atoms with Crippen molar-refractivity contribution in [2.45, 2.75) is 45.1 Å². The summed E-state index contributed by atoms with van der Waals surface area (Å²) in [7, 11) is 0. The van der Waals surface area contributed by atoms with Gasteiger partial charge >= 0.3 is 17.9 Å². The molecule has 0 saturated carbocycles. The number of ether oxygens (including phenoxy) is 1. The first kappa shape index (κ1) is 27.1. The molecular formula is C30H35N3O5. The second-order valence-electron chi connectivity index (χ2n) is 9.69. The second-order valence-corrected chi connectivity index (χ2v) is 9.69. The molecule has 5 rings (SSSR count). The van der Waals surface area contributed by atoms with Gasteiger partial charge in [0.2, 0.25) is 0 Å². The molecule has 1 saturated heterocycles. The Bertz CT molecular complexity index is 1200. The molecule has 2 aliphatic rings. The molecule has 1 aliphatic carbocycles. The van der Waals surface area contributed by atoms with Gasteiger partial charge in [0.1, 0.15) is 0 Å². The summed E-state index contributed by atoms with van der Waals surface area (Å²) in [6, 6.07) is 22.2. The number of aryl methyl sites for hydroxylation is 1. The minimum absolute atomic E-state index is 0.558. The van der Waals surface area contributed by atoms with Gasteiger partial charge in [0, 0.05) is 24.4 Å². The van der Waals surface area contributed by atoms with E-state index >= 15 is 0 Å². The predicted molar refractivity (Wildman–Crippen MR) is 145 cm³/mol. The van der Waals surface area contributed by atoms with Crippen molar-refractivity contribution < 1.29 is 24.5 Å². The number of carbonyl (C=O) groups is 2. The van der Waals surface area contributed by atoms with E-state index in [0.717, 1.165) is 45.1 Å². The van der Waals surface area contributed by atoms with Crippen molar-refractivity contribution in [3.63, 3.8) is 0 Å². The van der Waals surface area contributed by atoms with Gasteiger partial charge < -0.3 is 14.9 Å². The van der Waals surface area contributed by atoms with Crippen LogP contribution in [0.25, 0.3) is 5.69 Å². The molecule has 0 amide bonds. The molecule has 1 fully saturated rings. The number of imidazole rings is 1. The van der Waals surface area contributed by atoms with Crippen LogP contribution < -0.4 is 4.74 Å². The summed E-state index contributed by atoms with van der Waals surface area (Å²) in [5.41, 5.74) is 5.15. The third-order valence-electron chi connectivity index (χ3n) is 6.89. The SMILES string of the molecule is O=C(O)/C=C/C(=O)O.c1ccc(CN2CCC(COc3nc4c(n3-c3ccccc3)CCCC4)CC2)cc1. The Morgan fingerprint density at radius 2 is 1.50 bits per heavy atom. The van der Waals surface area contributed by atoms with Gasteiger partial charge in [0.15, 0.2) is 0 Å². The predicted octanol–water partition coefficient (Wildman–Crippen LogP) is 4.75. The van der Waals surface area contributed by atoms with Crippen LogP contribution in [0.3, 0.4) is 0 Å². The lowest BCUT2D eigenvalue weighted by Crippen LogP contribution is -2.35. The van der Waals surface area contributed by atoms with Crippen molar-refractivity contribution in [1.82, 2.24) is 14.5 Å². The monoisotopic (exact) mass is 517 g/mol. The van der Waals surface area contributed by atoms with Crippen molar-refractivity contribution in [1.29, 1.82) is 0 Å². The molecule has 3 aromatic rings. The van der Waals surface area contributed by atoms with Gasteiger partial charge in [0.25, 0.3) is 0 Å². The van der Waals surface area contributed by atoms with E-state index in [0.29, 0.717) is 18.1 Å². The lowest BCUT2D eigenvalue weighted by atomic mass is 9.97. The summed E-state index contributed by atoms with van der Waals surface area (Å²) in [5.74, 6) is -1.91. The van der Waals surface area contributed by atoms with Gasteiger partial charge in [-0.1, -0.05) is 48.5 Å². The average molecular weight is 518 g/mol. The van der Waals surface area contributed by atoms with Crippen molar-refractivity contribution in [2.24, 2.45) is 5.92 Å². The van der Waals surface area contributed by atoms with Gasteiger partial charge in [-0.05, 0) is 75.2 Å². The zero-order valence-electron chi connectivity index (χ0n) is 21.5. The van der Waals surface area contributed by atoms with Crippen LogP contribution in [0, 0.1) is 5.92 Å². The molecule has 0 atom stereocenters. The van der Waals surface area contributed by atoms with Crippen LogP contribution in [-0.2, 0) is 29.0 Å². The first-order chi connectivity index (χ1) is 18.5. The molecule has 8 heteroatoms. The normalized spacial score (nSPS) is 15.9. The number of benzene rings is 2. The summed E-state index contributed by atoms with van der Waals surface area (Å²) in [4.78, 5) is 26.6. The summed E-state index contributed by atoms with van der Waals surface area (Å²) < 4.78 is 8.63. The third-order valence-corrected chi connectivity index (χ3v) is 6.89. The maximum absolute atomic E-state index is 9.55. The number of aliphatic carboxylic acids is 2. The number of carboxylic acids is 2. The quantitative estimate of drug-likeness (QED) is 0.415. The number of rotatable bonds is 8. The minimum Gasteiger partial charge on any atom is -0.478 e. The van der Waals surface area contributed by atoms with Crippen molar-refractivity contribution in [3.05, 3.63) is 89.8 Å². The Morgan fingerprint density at radius 1 is 0.895 bits per heavy atom. The van der Waals surface area contributed by atoms with Crippen LogP contribution in [-0.4, -0.2) is 56.3 Å². The standard InChI is InChI=1S/C26H31N3O.C4H4O4/c1-3-9-21(10-4-1)19-28-17-15-22(16-18-28)20-30-26-27-24-13-7-8-14-25(24)29(26)23-11-5-2-6-12-23;5-3(6)1-2-4(7)8/h1-6,9-12,22H,7-8,13-20H2;1-2H,(H,5,6)(H,7,8)/b;2-1+. The van der Waals surface area contributed by atoms with E-state index in [4.69, 9.17) is 19.9 Å². The molecule has 0 spiro atoms. The Hall–Kier alpha value is -3.91. The number of likely N-dealkylation sites (tertiary alicyclic amines) is 1. The van der Waals surface area contributed by atoms with Crippen LogP contribution in [0.15, 0.2) is 72.8 Å². The number of aromatic nitrogens is 2. The molecule has 1 aliphatic heterocycles. The molecule has 2 heterocycles. The Labute approximate surface area is 223 Å². The van der Waals surface area contributed by atoms with E-state index in [-0.39, 0.29) is 0 Å². The van der Waals surface area contributed by atoms with Crippen molar-refractivity contribution in [3.8, 4) is 11.7 Å². The molecular weight excluding hydrogens is 482 g/mol. The molecule has 8 nitrogen and oxygen atoms in total. The fourth-order valence-corrected chi connectivity index (χ4v) is 4.94. The zero-order chi connectivity index (χ0) is 26.7. The largest absolute Gasteiger partial charge is 0.478 e. The van der Waals surface area contributed by atoms with Gasteiger partial charge in [-0.3, -0.25) is 9.47 Å². The molecule has 0 unspecified atom stereocenters. The fourth-order valence-electron chi connectivity index (χ4n) is 4.94. The Balaban J connectivity index is 0.000000368. The number of fused-ring (bicyclic) bond motifs is 1. The minimum atomic E-state index is -1.26. The van der Waals surface area contributed by atoms with E-state index in [1.165, 1.54) is 48.3 Å². The number of nitrogens with zero attached hydrogens (tertiary/aromatic N) is 3. The smallest absolute Gasteiger partial charge is 0.328 e. The van der Waals surface area contributed by atoms with Crippen molar-refractivity contribution >= 4 is 11.9 Å². The highest BCUT2D eigenvalue weighted by Crippen LogP contribution is 2.30. The number of hydrogen-bond acceptors (Lipinski definition) is 5. The van der Waals surface area contributed by atoms with Crippen LogP contribution in [0.4, 0.5) is 0 Å². The maximum Gasteiger partial charge on any atom is 0.328 e. The van der Waals surface area contributed by atoms with E-state index in [2.05, 4.69) is 70.1 Å². The topological polar surface area (TPSA) is 105 Å². The number of hydrogen-bond donors (Lipinski definition) is 2. The van der Waals surface area contributed by atoms with Crippen LogP contribution >= 0.6 is 0 Å². The summed E-state index contributed by atoms with van der Waals surface area (Å²) in [6.07, 6.45) is 8.15. The maximum atomic E-state index is 9.55. The molecule has 1 aromatic heterocycles. The van der Waals surface area contributed by atoms with E-state index in [1.54, 1.807) is 0 Å². The molecule has 38 heavy (non-hydrogen) atoms. The molecule has 0 bridgehead atoms. The first-order valence-electron chi connectivity index (χ1n) is 13.2. The van der Waals surface area contributed by atoms with E-state index in [1.807, 2.05) is 0 Å². The van der Waals surface area contributed by atoms with Gasteiger partial charge in [-0.15, -0.1) is 0 Å². The third kappa shape index (κ3) is 7.79. The lowest BCUT2D eigenvalue weighted by molar-refractivity contribution is -0.134. The second kappa shape index (κ2) is 13.6. The van der Waals surface area contributed by atoms with E-state index < -0.39 is 11.9 Å². The van der Waals surface area contributed by atoms with Crippen molar-refractivity contribution in [2.75, 3.05) is 19.7 Å². The molecule has 2 N–H and O–H groups in total. The lowest BCUT2D eigenvalue weighted by Gasteiger charge is -2.31. The summed E-state index contributed by atoms with van der Waals surface area (Å²) in [5, 5.41) is 15.6. The van der Waals surface area contributed by atoms with Crippen LogP contribution in [0.5, 0.6) is 6.01 Å². The molecule has 0 radical (unpaired) electrons. The highest BCUT2D eigenvalue weighted by Gasteiger charge is 2.24. The Morgan fingerprint density at radius 3 is 2.13 bits per heavy atom. The highest BCUT2D eigenvalue weighted by atomic mass is 16.5. The number of piperidine rings is 1. The zero-order valence-corrected chi connectivity index (χ0v) is 21.5. The summed E-state index contributed by atoms with van der Waals surface area (Å²) in [6.45, 7) is 4.11. The van der Waals surface area contributed by atoms with Crippen LogP contribution in [0.1, 0.15) is 42.6 Å². The van der Waals surface area contributed by atoms with E-state index in [9.17, 15) is 9.59 Å². The highest BCUT2D eigenvalue weighted by molar-refractivity contribution is 5.89. The van der Waals surface area contributed by atoms with Gasteiger partial charge in [-0.2, -0.15) is 4.98 Å². The molecule has 2 aromatic carbocycles. The molecule has 200 valence electrons. The van der Waals surface area contributed by atoms with Crippen LogP contribution in [0.2, 0.25) is 0 Å². The van der Waals surface area contributed by atoms with Gasteiger partial charge in [-0.25, -0.2) is 9.59 Å². The fraction of sp³-hybridized carbons (Fsp3) is 0.367. The number of para-hydroxylation sites is 1. The number of carboxylic acid groups (broad SMARTS) is 2.